The molecular weight excluding hydrogens is 268 g/mol. The second-order valence-electron chi connectivity index (χ2n) is 4.65. The highest BCUT2D eigenvalue weighted by molar-refractivity contribution is 5.55. The largest absolute Gasteiger partial charge is 0.366 e. The molecule has 0 saturated carbocycles. The van der Waals surface area contributed by atoms with Gasteiger partial charge >= 0.3 is 0 Å². The molecule has 3 N–H and O–H groups in total. The van der Waals surface area contributed by atoms with Crippen molar-refractivity contribution in [3.8, 4) is 6.07 Å². The number of nitrogens with zero attached hydrogens (tertiary/aromatic N) is 5. The van der Waals surface area contributed by atoms with E-state index in [1.807, 2.05) is 12.1 Å². The molecule has 1 unspecified atom stereocenters. The van der Waals surface area contributed by atoms with Crippen molar-refractivity contribution < 1.29 is 0 Å². The number of aromatic nitrogens is 4. The molecule has 2 aromatic rings. The molecule has 0 bridgehead atoms. The first-order valence-electron chi connectivity index (χ1n) is 6.62. The van der Waals surface area contributed by atoms with Crippen molar-refractivity contribution in [3.05, 3.63) is 30.5 Å². The van der Waals surface area contributed by atoms with E-state index in [0.29, 0.717) is 17.7 Å². The number of anilines is 3. The zero-order valence-corrected chi connectivity index (χ0v) is 11.2. The molecule has 0 spiro atoms. The van der Waals surface area contributed by atoms with Gasteiger partial charge in [0, 0.05) is 18.7 Å². The first kappa shape index (κ1) is 13.2. The highest BCUT2D eigenvalue weighted by Crippen LogP contribution is 2.15. The third kappa shape index (κ3) is 3.40. The van der Waals surface area contributed by atoms with Gasteiger partial charge in [-0.05, 0) is 13.0 Å². The Bertz CT molecular complexity index is 642. The van der Waals surface area contributed by atoms with Gasteiger partial charge in [0.05, 0.1) is 12.4 Å². The molecule has 8 nitrogen and oxygen atoms in total. The van der Waals surface area contributed by atoms with Gasteiger partial charge in [0.15, 0.2) is 5.69 Å². The van der Waals surface area contributed by atoms with Crippen molar-refractivity contribution >= 4 is 17.5 Å². The van der Waals surface area contributed by atoms with Crippen LogP contribution in [-0.2, 0) is 0 Å². The fourth-order valence-corrected chi connectivity index (χ4v) is 2.07. The lowest BCUT2D eigenvalue weighted by Gasteiger charge is -2.12. The van der Waals surface area contributed by atoms with Gasteiger partial charge in [0.2, 0.25) is 0 Å². The molecule has 0 radical (unpaired) electrons. The predicted molar refractivity (Wildman–Crippen MR) is 77.0 cm³/mol. The van der Waals surface area contributed by atoms with Gasteiger partial charge in [-0.3, -0.25) is 0 Å². The summed E-state index contributed by atoms with van der Waals surface area (Å²) in [7, 11) is 0. The van der Waals surface area contributed by atoms with E-state index in [-0.39, 0.29) is 5.69 Å². The van der Waals surface area contributed by atoms with Gasteiger partial charge < -0.3 is 16.0 Å². The molecule has 0 amide bonds. The van der Waals surface area contributed by atoms with Crippen LogP contribution in [0.5, 0.6) is 0 Å². The maximum Gasteiger partial charge on any atom is 0.158 e. The average Bonchev–Trinajstić information content (AvgIpc) is 3.01. The van der Waals surface area contributed by atoms with Crippen LogP contribution >= 0.6 is 0 Å². The second-order valence-corrected chi connectivity index (χ2v) is 4.65. The maximum absolute atomic E-state index is 8.68. The molecule has 1 atom stereocenters. The Labute approximate surface area is 121 Å². The summed E-state index contributed by atoms with van der Waals surface area (Å²) in [6.07, 6.45) is 5.47. The first-order valence-corrected chi connectivity index (χ1v) is 6.62. The Balaban J connectivity index is 1.68. The van der Waals surface area contributed by atoms with E-state index < -0.39 is 0 Å². The summed E-state index contributed by atoms with van der Waals surface area (Å²) >= 11 is 0. The second kappa shape index (κ2) is 6.11. The Morgan fingerprint density at radius 1 is 1.14 bits per heavy atom. The normalized spacial score (nSPS) is 17.2. The van der Waals surface area contributed by atoms with Gasteiger partial charge in [0.25, 0.3) is 0 Å². The topological polar surface area (TPSA) is 111 Å². The Kier molecular flexibility index (Phi) is 3.84. The third-order valence-corrected chi connectivity index (χ3v) is 3.10. The van der Waals surface area contributed by atoms with Crippen molar-refractivity contribution in [1.29, 1.82) is 5.26 Å². The first-order chi connectivity index (χ1) is 10.3. The number of hydrogen-bond acceptors (Lipinski definition) is 8. The summed E-state index contributed by atoms with van der Waals surface area (Å²) in [5.41, 5.74) is 0.277. The molecule has 21 heavy (non-hydrogen) atoms. The average molecular weight is 282 g/mol. The van der Waals surface area contributed by atoms with E-state index in [9.17, 15) is 0 Å². The molecule has 106 valence electrons. The molecule has 3 heterocycles. The molecule has 1 fully saturated rings. The Hall–Kier alpha value is -2.79. The Morgan fingerprint density at radius 3 is 2.76 bits per heavy atom. The molecule has 3 rings (SSSR count). The van der Waals surface area contributed by atoms with Crippen LogP contribution in [0.3, 0.4) is 0 Å². The zero-order chi connectivity index (χ0) is 14.5. The Morgan fingerprint density at radius 2 is 2.05 bits per heavy atom. The van der Waals surface area contributed by atoms with Crippen LogP contribution in [0.2, 0.25) is 0 Å². The lowest BCUT2D eigenvalue weighted by molar-refractivity contribution is 0.787. The van der Waals surface area contributed by atoms with Gasteiger partial charge in [-0.1, -0.05) is 0 Å². The summed E-state index contributed by atoms with van der Waals surface area (Å²) < 4.78 is 0. The van der Waals surface area contributed by atoms with Gasteiger partial charge in [-0.15, -0.1) is 0 Å². The van der Waals surface area contributed by atoms with Crippen LogP contribution in [0, 0.1) is 11.3 Å². The van der Waals surface area contributed by atoms with Crippen molar-refractivity contribution in [1.82, 2.24) is 25.3 Å². The predicted octanol–water partition coefficient (Wildman–Crippen LogP) is 0.656. The van der Waals surface area contributed by atoms with Gasteiger partial charge in [0.1, 0.15) is 29.9 Å². The van der Waals surface area contributed by atoms with Crippen molar-refractivity contribution in [2.24, 2.45) is 0 Å². The van der Waals surface area contributed by atoms with Crippen LogP contribution in [0.15, 0.2) is 24.8 Å². The fraction of sp³-hybridized carbons (Fsp3) is 0.308. The van der Waals surface area contributed by atoms with Crippen LogP contribution in [0.1, 0.15) is 12.1 Å². The quantitative estimate of drug-likeness (QED) is 0.749. The van der Waals surface area contributed by atoms with Crippen molar-refractivity contribution in [3.63, 3.8) is 0 Å². The lowest BCUT2D eigenvalue weighted by Crippen LogP contribution is -2.22. The van der Waals surface area contributed by atoms with Crippen LogP contribution < -0.4 is 16.0 Å². The molecule has 1 saturated heterocycles. The molecule has 1 aliphatic heterocycles. The summed E-state index contributed by atoms with van der Waals surface area (Å²) in [6.45, 7) is 1.96. The fourth-order valence-electron chi connectivity index (χ4n) is 2.07. The number of rotatable bonds is 4. The molecule has 0 aromatic carbocycles. The van der Waals surface area contributed by atoms with Crippen LogP contribution in [0.4, 0.5) is 17.5 Å². The summed E-state index contributed by atoms with van der Waals surface area (Å²) in [5, 5.41) is 18.4. The summed E-state index contributed by atoms with van der Waals surface area (Å²) in [6, 6.07) is 4.13. The highest BCUT2D eigenvalue weighted by atomic mass is 15.1. The van der Waals surface area contributed by atoms with Gasteiger partial charge in [-0.25, -0.2) is 19.9 Å². The monoisotopic (exact) mass is 282 g/mol. The minimum atomic E-state index is 0.277. The molecule has 2 aromatic heterocycles. The molecule has 8 heteroatoms. The maximum atomic E-state index is 8.68. The van der Waals surface area contributed by atoms with E-state index in [4.69, 9.17) is 5.26 Å². The molecule has 1 aliphatic rings. The SMILES string of the molecule is N#Cc1cnc(Nc2cc(NC3CCNC3)ncn2)cn1. The van der Waals surface area contributed by atoms with E-state index >= 15 is 0 Å². The minimum Gasteiger partial charge on any atom is -0.366 e. The summed E-state index contributed by atoms with van der Waals surface area (Å²) in [5.74, 6) is 1.92. The standard InChI is InChI=1S/C13H14N8/c14-4-10-6-17-13(7-16-10)21-12-3-11(18-8-19-12)20-9-1-2-15-5-9/h3,6-9,15H,1-2,5H2,(H2,17,18,19,20,21). The van der Waals surface area contributed by atoms with Gasteiger partial charge in [-0.2, -0.15) is 5.26 Å². The summed E-state index contributed by atoms with van der Waals surface area (Å²) in [4.78, 5) is 16.4. The smallest absolute Gasteiger partial charge is 0.158 e. The zero-order valence-electron chi connectivity index (χ0n) is 11.2. The van der Waals surface area contributed by atoms with E-state index in [1.54, 1.807) is 0 Å². The van der Waals surface area contributed by atoms with E-state index in [0.717, 1.165) is 25.3 Å². The van der Waals surface area contributed by atoms with Crippen molar-refractivity contribution in [2.75, 3.05) is 23.7 Å². The third-order valence-electron chi connectivity index (χ3n) is 3.10. The lowest BCUT2D eigenvalue weighted by atomic mass is 10.2. The molecule has 0 aliphatic carbocycles. The number of hydrogen-bond donors (Lipinski definition) is 3. The van der Waals surface area contributed by atoms with Crippen molar-refractivity contribution in [2.45, 2.75) is 12.5 Å². The van der Waals surface area contributed by atoms with E-state index in [2.05, 4.69) is 35.9 Å². The highest BCUT2D eigenvalue weighted by Gasteiger charge is 2.14. The minimum absolute atomic E-state index is 0.277. The van der Waals surface area contributed by atoms with E-state index in [1.165, 1.54) is 18.7 Å². The number of nitrogens with one attached hydrogen (secondary N) is 3. The number of nitriles is 1. The van der Waals surface area contributed by atoms with Crippen LogP contribution in [0.25, 0.3) is 0 Å². The molecular formula is C13H14N8. The van der Waals surface area contributed by atoms with Crippen LogP contribution in [-0.4, -0.2) is 39.1 Å².